The molecule has 2 aromatic rings. The highest BCUT2D eigenvalue weighted by Gasteiger charge is 2.23. The van der Waals surface area contributed by atoms with Crippen LogP contribution in [0.3, 0.4) is 0 Å². The number of quaternary nitrogens is 1. The fourth-order valence-electron chi connectivity index (χ4n) is 3.66. The lowest BCUT2D eigenvalue weighted by atomic mass is 10.1. The number of rotatable bonds is 6. The molecule has 0 saturated carbocycles. The van der Waals surface area contributed by atoms with E-state index in [1.807, 2.05) is 19.1 Å². The van der Waals surface area contributed by atoms with Crippen LogP contribution >= 0.6 is 0 Å². The molecule has 148 valence electrons. The maximum atomic E-state index is 12.5. The molecule has 2 N–H and O–H groups in total. The number of nitro groups is 1. The molecule has 7 nitrogen and oxygen atoms in total. The minimum atomic E-state index is -0.386. The van der Waals surface area contributed by atoms with Gasteiger partial charge in [-0.2, -0.15) is 0 Å². The number of nitrogens with one attached hydrogen (secondary N) is 2. The van der Waals surface area contributed by atoms with Gasteiger partial charge in [-0.3, -0.25) is 14.9 Å². The fraction of sp³-hybridized carbons (Fsp3) is 0.381. The molecule has 0 radical (unpaired) electrons. The van der Waals surface area contributed by atoms with Crippen LogP contribution in [0.15, 0.2) is 42.5 Å². The van der Waals surface area contributed by atoms with Crippen LogP contribution in [-0.4, -0.2) is 43.6 Å². The zero-order valence-electron chi connectivity index (χ0n) is 16.4. The largest absolute Gasteiger partial charge is 0.360 e. The topological polar surface area (TPSA) is 79.9 Å². The van der Waals surface area contributed by atoms with Crippen molar-refractivity contribution in [2.75, 3.05) is 42.9 Å². The smallest absolute Gasteiger partial charge is 0.279 e. The van der Waals surface area contributed by atoms with Gasteiger partial charge in [-0.15, -0.1) is 0 Å². The Labute approximate surface area is 165 Å². The lowest BCUT2D eigenvalue weighted by Gasteiger charge is -2.33. The van der Waals surface area contributed by atoms with Gasteiger partial charge in [0.25, 0.3) is 11.6 Å². The summed E-state index contributed by atoms with van der Waals surface area (Å²) in [6, 6.07) is 12.8. The summed E-state index contributed by atoms with van der Waals surface area (Å²) < 4.78 is 0. The molecule has 1 aliphatic heterocycles. The van der Waals surface area contributed by atoms with Crippen LogP contribution in [0, 0.1) is 17.0 Å². The van der Waals surface area contributed by atoms with Crippen molar-refractivity contribution in [1.82, 2.24) is 0 Å². The van der Waals surface area contributed by atoms with Gasteiger partial charge in [-0.1, -0.05) is 25.1 Å². The summed E-state index contributed by atoms with van der Waals surface area (Å²) in [5.74, 6) is 0.0442. The van der Waals surface area contributed by atoms with Crippen LogP contribution in [0.25, 0.3) is 0 Å². The molecular formula is C21H27N4O3+. The third kappa shape index (κ3) is 4.67. The Morgan fingerprint density at radius 1 is 1.18 bits per heavy atom. The molecule has 1 fully saturated rings. The van der Waals surface area contributed by atoms with Crippen LogP contribution in [-0.2, 0) is 11.2 Å². The normalized spacial score (nSPS) is 14.7. The molecule has 2 aromatic carbocycles. The predicted molar refractivity (Wildman–Crippen MR) is 110 cm³/mol. The van der Waals surface area contributed by atoms with Gasteiger partial charge in [-0.05, 0) is 36.6 Å². The Morgan fingerprint density at radius 2 is 1.86 bits per heavy atom. The third-order valence-electron chi connectivity index (χ3n) is 5.31. The molecule has 1 amide bonds. The van der Waals surface area contributed by atoms with E-state index in [9.17, 15) is 14.9 Å². The molecule has 0 aliphatic carbocycles. The summed E-state index contributed by atoms with van der Waals surface area (Å²) in [4.78, 5) is 26.4. The summed E-state index contributed by atoms with van der Waals surface area (Å²) >= 11 is 0. The van der Waals surface area contributed by atoms with Crippen molar-refractivity contribution in [3.05, 3.63) is 63.7 Å². The summed E-state index contributed by atoms with van der Waals surface area (Å²) in [7, 11) is 0. The monoisotopic (exact) mass is 383 g/mol. The van der Waals surface area contributed by atoms with E-state index >= 15 is 0 Å². The Hall–Kier alpha value is -2.93. The summed E-state index contributed by atoms with van der Waals surface area (Å²) in [6.45, 7) is 7.93. The van der Waals surface area contributed by atoms with E-state index in [-0.39, 0.29) is 16.5 Å². The number of carbonyl (C=O) groups excluding carboxylic acids is 1. The second-order valence-corrected chi connectivity index (χ2v) is 7.20. The highest BCUT2D eigenvalue weighted by atomic mass is 16.6. The maximum absolute atomic E-state index is 12.5. The summed E-state index contributed by atoms with van der Waals surface area (Å²) in [6.07, 6.45) is 0.887. The third-order valence-corrected chi connectivity index (χ3v) is 5.31. The van der Waals surface area contributed by atoms with E-state index in [2.05, 4.69) is 23.2 Å². The lowest BCUT2D eigenvalue weighted by molar-refractivity contribution is -0.892. The zero-order chi connectivity index (χ0) is 20.1. The minimum Gasteiger partial charge on any atom is -0.360 e. The molecule has 0 spiro atoms. The average molecular weight is 383 g/mol. The van der Waals surface area contributed by atoms with Crippen LogP contribution < -0.4 is 15.1 Å². The van der Waals surface area contributed by atoms with Crippen molar-refractivity contribution in [2.45, 2.75) is 20.3 Å². The Morgan fingerprint density at radius 3 is 2.46 bits per heavy atom. The number of amides is 1. The second kappa shape index (κ2) is 8.84. The quantitative estimate of drug-likeness (QED) is 0.589. The summed E-state index contributed by atoms with van der Waals surface area (Å²) in [5, 5.41) is 13.9. The Bertz CT molecular complexity index is 843. The number of carbonyl (C=O) groups is 1. The maximum Gasteiger partial charge on any atom is 0.279 e. The number of aryl methyl sites for hydroxylation is 2. The van der Waals surface area contributed by atoms with Crippen LogP contribution in [0.4, 0.5) is 17.1 Å². The molecular weight excluding hydrogens is 356 g/mol. The number of anilines is 2. The van der Waals surface area contributed by atoms with Crippen molar-refractivity contribution >= 4 is 23.0 Å². The van der Waals surface area contributed by atoms with Crippen molar-refractivity contribution in [3.63, 3.8) is 0 Å². The SMILES string of the molecule is CCc1cccc(C)c1NC(=O)C[NH+]1CCN(c2ccc([N+](=O)[O-])cc2)CC1. The lowest BCUT2D eigenvalue weighted by Crippen LogP contribution is -3.15. The molecule has 3 rings (SSSR count). The van der Waals surface area contributed by atoms with Crippen LogP contribution in [0.2, 0.25) is 0 Å². The number of piperazine rings is 1. The number of hydrogen-bond acceptors (Lipinski definition) is 4. The molecule has 7 heteroatoms. The first-order valence-electron chi connectivity index (χ1n) is 9.69. The first-order valence-corrected chi connectivity index (χ1v) is 9.69. The fourth-order valence-corrected chi connectivity index (χ4v) is 3.66. The van der Waals surface area contributed by atoms with Gasteiger partial charge in [0, 0.05) is 23.5 Å². The van der Waals surface area contributed by atoms with E-state index in [0.29, 0.717) is 6.54 Å². The average Bonchev–Trinajstić information content (AvgIpc) is 2.70. The van der Waals surface area contributed by atoms with Gasteiger partial charge in [-0.25, -0.2) is 0 Å². The van der Waals surface area contributed by atoms with E-state index in [4.69, 9.17) is 0 Å². The molecule has 0 aromatic heterocycles. The predicted octanol–water partition coefficient (Wildman–Crippen LogP) is 1.81. The highest BCUT2D eigenvalue weighted by molar-refractivity contribution is 5.93. The standard InChI is InChI=1S/C21H26N4O3/c1-3-17-6-4-5-16(2)21(17)22-20(26)15-23-11-13-24(14-12-23)18-7-9-19(10-8-18)25(27)28/h4-10H,3,11-15H2,1-2H3,(H,22,26)/p+1. The van der Waals surface area contributed by atoms with Crippen molar-refractivity contribution in [1.29, 1.82) is 0 Å². The molecule has 0 bridgehead atoms. The minimum absolute atomic E-state index is 0.0442. The molecule has 1 heterocycles. The Kier molecular flexibility index (Phi) is 6.26. The van der Waals surface area contributed by atoms with Crippen molar-refractivity contribution < 1.29 is 14.6 Å². The Balaban J connectivity index is 1.53. The van der Waals surface area contributed by atoms with Gasteiger partial charge in [0.15, 0.2) is 6.54 Å². The van der Waals surface area contributed by atoms with Gasteiger partial charge in [0.2, 0.25) is 0 Å². The van der Waals surface area contributed by atoms with Gasteiger partial charge < -0.3 is 15.1 Å². The second-order valence-electron chi connectivity index (χ2n) is 7.20. The molecule has 1 saturated heterocycles. The summed E-state index contributed by atoms with van der Waals surface area (Å²) in [5.41, 5.74) is 4.28. The van der Waals surface area contributed by atoms with Crippen LogP contribution in [0.5, 0.6) is 0 Å². The van der Waals surface area contributed by atoms with E-state index in [1.54, 1.807) is 12.1 Å². The molecule has 28 heavy (non-hydrogen) atoms. The number of nitrogens with zero attached hydrogens (tertiary/aromatic N) is 2. The molecule has 0 unspecified atom stereocenters. The first-order chi connectivity index (χ1) is 13.5. The van der Waals surface area contributed by atoms with E-state index < -0.39 is 0 Å². The number of hydrogen-bond donors (Lipinski definition) is 2. The highest BCUT2D eigenvalue weighted by Crippen LogP contribution is 2.21. The number of para-hydroxylation sites is 1. The molecule has 1 aliphatic rings. The van der Waals surface area contributed by atoms with Gasteiger partial charge in [0.05, 0.1) is 31.1 Å². The number of benzene rings is 2. The molecule has 0 atom stereocenters. The van der Waals surface area contributed by atoms with Crippen molar-refractivity contribution in [3.8, 4) is 0 Å². The first kappa shape index (κ1) is 19.8. The van der Waals surface area contributed by atoms with Gasteiger partial charge >= 0.3 is 0 Å². The zero-order valence-corrected chi connectivity index (χ0v) is 16.4. The number of non-ortho nitro benzene ring substituents is 1. The van der Waals surface area contributed by atoms with E-state index in [1.165, 1.54) is 17.0 Å². The van der Waals surface area contributed by atoms with Crippen molar-refractivity contribution in [2.24, 2.45) is 0 Å². The van der Waals surface area contributed by atoms with Gasteiger partial charge in [0.1, 0.15) is 0 Å². The van der Waals surface area contributed by atoms with Crippen LogP contribution in [0.1, 0.15) is 18.1 Å². The number of nitro benzene ring substituents is 1. The van der Waals surface area contributed by atoms with E-state index in [0.717, 1.165) is 55.1 Å².